The molecule has 0 saturated carbocycles. The van der Waals surface area contributed by atoms with Crippen molar-refractivity contribution >= 4 is 22.5 Å². The third-order valence-electron chi connectivity index (χ3n) is 3.93. The van der Waals surface area contributed by atoms with Gasteiger partial charge in [-0.25, -0.2) is 4.68 Å². The standard InChI is InChI=1S/C20H16N4O/c25-19(23-18-10-4-6-16-7-5-11-21-20(16)18)12-15-13-22-24(14-15)17-8-2-1-3-9-17/h1-11,13-14H,12H2,(H,23,25). The smallest absolute Gasteiger partial charge is 0.228 e. The molecule has 0 aliphatic heterocycles. The van der Waals surface area contributed by atoms with Gasteiger partial charge in [0, 0.05) is 17.8 Å². The summed E-state index contributed by atoms with van der Waals surface area (Å²) in [5.41, 5.74) is 3.33. The number of anilines is 1. The Balaban J connectivity index is 1.50. The van der Waals surface area contributed by atoms with Gasteiger partial charge in [0.1, 0.15) is 0 Å². The van der Waals surface area contributed by atoms with Crippen LogP contribution < -0.4 is 5.32 Å². The molecule has 2 aromatic carbocycles. The Bertz CT molecular complexity index is 1020. The van der Waals surface area contributed by atoms with E-state index in [1.807, 2.05) is 66.9 Å². The first-order valence-electron chi connectivity index (χ1n) is 8.02. The first-order valence-corrected chi connectivity index (χ1v) is 8.02. The number of amides is 1. The van der Waals surface area contributed by atoms with E-state index in [9.17, 15) is 4.79 Å². The third kappa shape index (κ3) is 3.26. The summed E-state index contributed by atoms with van der Waals surface area (Å²) in [6, 6.07) is 19.4. The molecular weight excluding hydrogens is 312 g/mol. The van der Waals surface area contributed by atoms with E-state index in [2.05, 4.69) is 15.4 Å². The molecule has 0 fully saturated rings. The number of fused-ring (bicyclic) bond motifs is 1. The fraction of sp³-hybridized carbons (Fsp3) is 0.0500. The molecule has 0 spiro atoms. The van der Waals surface area contributed by atoms with Crippen molar-refractivity contribution in [1.82, 2.24) is 14.8 Å². The highest BCUT2D eigenvalue weighted by Crippen LogP contribution is 2.20. The van der Waals surface area contributed by atoms with Crippen molar-refractivity contribution in [1.29, 1.82) is 0 Å². The lowest BCUT2D eigenvalue weighted by Crippen LogP contribution is -2.14. The highest BCUT2D eigenvalue weighted by atomic mass is 16.1. The Labute approximate surface area is 144 Å². The zero-order valence-corrected chi connectivity index (χ0v) is 13.5. The summed E-state index contributed by atoms with van der Waals surface area (Å²) in [5, 5.41) is 8.26. The molecule has 2 aromatic heterocycles. The van der Waals surface area contributed by atoms with Crippen LogP contribution in [-0.4, -0.2) is 20.7 Å². The van der Waals surface area contributed by atoms with Crippen LogP contribution in [0.1, 0.15) is 5.56 Å². The van der Waals surface area contributed by atoms with Crippen LogP contribution in [0.2, 0.25) is 0 Å². The predicted octanol–water partition coefficient (Wildman–Crippen LogP) is 3.60. The first-order chi connectivity index (χ1) is 12.3. The molecule has 4 aromatic rings. The van der Waals surface area contributed by atoms with E-state index in [1.165, 1.54) is 0 Å². The quantitative estimate of drug-likeness (QED) is 0.622. The minimum Gasteiger partial charge on any atom is -0.324 e. The van der Waals surface area contributed by atoms with Crippen LogP contribution in [-0.2, 0) is 11.2 Å². The Morgan fingerprint density at radius 1 is 1.00 bits per heavy atom. The number of carbonyl (C=O) groups is 1. The molecule has 5 heteroatoms. The van der Waals surface area contributed by atoms with Gasteiger partial charge in [-0.15, -0.1) is 0 Å². The average molecular weight is 328 g/mol. The Hall–Kier alpha value is -3.47. The summed E-state index contributed by atoms with van der Waals surface area (Å²) < 4.78 is 1.77. The van der Waals surface area contributed by atoms with Crippen LogP contribution in [0.3, 0.4) is 0 Å². The highest BCUT2D eigenvalue weighted by molar-refractivity contribution is 6.00. The van der Waals surface area contributed by atoms with E-state index in [0.717, 1.165) is 27.8 Å². The number of carbonyl (C=O) groups excluding carboxylic acids is 1. The van der Waals surface area contributed by atoms with Crippen LogP contribution in [0.5, 0.6) is 0 Å². The molecule has 0 aliphatic rings. The van der Waals surface area contributed by atoms with Gasteiger partial charge in [0.25, 0.3) is 0 Å². The van der Waals surface area contributed by atoms with Crippen molar-refractivity contribution in [3.8, 4) is 5.69 Å². The molecule has 1 N–H and O–H groups in total. The number of hydrogen-bond acceptors (Lipinski definition) is 3. The lowest BCUT2D eigenvalue weighted by Gasteiger charge is -2.07. The maximum absolute atomic E-state index is 12.4. The van der Waals surface area contributed by atoms with Gasteiger partial charge in [0.15, 0.2) is 0 Å². The van der Waals surface area contributed by atoms with E-state index < -0.39 is 0 Å². The van der Waals surface area contributed by atoms with Gasteiger partial charge in [-0.2, -0.15) is 5.10 Å². The summed E-state index contributed by atoms with van der Waals surface area (Å²) in [6.07, 6.45) is 5.57. The van der Waals surface area contributed by atoms with Crippen LogP contribution >= 0.6 is 0 Å². The van der Waals surface area contributed by atoms with E-state index in [-0.39, 0.29) is 12.3 Å². The molecule has 0 saturated heterocycles. The van der Waals surface area contributed by atoms with E-state index >= 15 is 0 Å². The minimum absolute atomic E-state index is 0.0919. The molecule has 0 bridgehead atoms. The van der Waals surface area contributed by atoms with Crippen molar-refractivity contribution in [2.75, 3.05) is 5.32 Å². The van der Waals surface area contributed by atoms with Crippen LogP contribution in [0.15, 0.2) is 79.3 Å². The van der Waals surface area contributed by atoms with Gasteiger partial charge in [0.2, 0.25) is 5.91 Å². The fourth-order valence-electron chi connectivity index (χ4n) is 2.76. The number of rotatable bonds is 4. The van der Waals surface area contributed by atoms with Crippen LogP contribution in [0, 0.1) is 0 Å². The Morgan fingerprint density at radius 2 is 1.84 bits per heavy atom. The van der Waals surface area contributed by atoms with Gasteiger partial charge < -0.3 is 5.32 Å². The molecule has 122 valence electrons. The lowest BCUT2D eigenvalue weighted by molar-refractivity contribution is -0.115. The molecular formula is C20H16N4O. The normalized spacial score (nSPS) is 10.7. The summed E-state index contributed by atoms with van der Waals surface area (Å²) in [5.74, 6) is -0.0919. The summed E-state index contributed by atoms with van der Waals surface area (Å²) in [6.45, 7) is 0. The molecule has 25 heavy (non-hydrogen) atoms. The first kappa shape index (κ1) is 15.1. The van der Waals surface area contributed by atoms with Gasteiger partial charge in [-0.05, 0) is 29.8 Å². The van der Waals surface area contributed by atoms with Gasteiger partial charge >= 0.3 is 0 Å². The van der Waals surface area contributed by atoms with Crippen molar-refractivity contribution in [2.24, 2.45) is 0 Å². The molecule has 0 unspecified atom stereocenters. The van der Waals surface area contributed by atoms with Gasteiger partial charge in [-0.1, -0.05) is 36.4 Å². The Kier molecular flexibility index (Phi) is 3.96. The maximum atomic E-state index is 12.4. The number of para-hydroxylation sites is 2. The maximum Gasteiger partial charge on any atom is 0.228 e. The van der Waals surface area contributed by atoms with E-state index in [4.69, 9.17) is 0 Å². The second-order valence-corrected chi connectivity index (χ2v) is 5.73. The minimum atomic E-state index is -0.0919. The fourth-order valence-corrected chi connectivity index (χ4v) is 2.76. The predicted molar refractivity (Wildman–Crippen MR) is 97.6 cm³/mol. The number of hydrogen-bond donors (Lipinski definition) is 1. The molecule has 0 atom stereocenters. The molecule has 5 nitrogen and oxygen atoms in total. The summed E-state index contributed by atoms with van der Waals surface area (Å²) >= 11 is 0. The van der Waals surface area contributed by atoms with Crippen molar-refractivity contribution in [2.45, 2.75) is 6.42 Å². The second-order valence-electron chi connectivity index (χ2n) is 5.73. The third-order valence-corrected chi connectivity index (χ3v) is 3.93. The number of nitrogens with one attached hydrogen (secondary N) is 1. The molecule has 4 rings (SSSR count). The lowest BCUT2D eigenvalue weighted by atomic mass is 10.2. The van der Waals surface area contributed by atoms with Crippen molar-refractivity contribution < 1.29 is 4.79 Å². The number of benzene rings is 2. The summed E-state index contributed by atoms with van der Waals surface area (Å²) in [7, 11) is 0. The monoisotopic (exact) mass is 328 g/mol. The number of pyridine rings is 1. The molecule has 1 amide bonds. The van der Waals surface area contributed by atoms with E-state index in [1.54, 1.807) is 17.1 Å². The largest absolute Gasteiger partial charge is 0.324 e. The zero-order valence-electron chi connectivity index (χ0n) is 13.5. The summed E-state index contributed by atoms with van der Waals surface area (Å²) in [4.78, 5) is 16.7. The zero-order chi connectivity index (χ0) is 17.1. The number of nitrogens with zero attached hydrogens (tertiary/aromatic N) is 3. The molecule has 0 radical (unpaired) electrons. The van der Waals surface area contributed by atoms with Crippen LogP contribution in [0.25, 0.3) is 16.6 Å². The van der Waals surface area contributed by atoms with Gasteiger partial charge in [-0.3, -0.25) is 9.78 Å². The highest BCUT2D eigenvalue weighted by Gasteiger charge is 2.09. The average Bonchev–Trinajstić information content (AvgIpc) is 3.11. The SMILES string of the molecule is O=C(Cc1cnn(-c2ccccc2)c1)Nc1cccc2cccnc12. The van der Waals surface area contributed by atoms with E-state index in [0.29, 0.717) is 0 Å². The van der Waals surface area contributed by atoms with Crippen LogP contribution in [0.4, 0.5) is 5.69 Å². The number of aromatic nitrogens is 3. The topological polar surface area (TPSA) is 59.8 Å². The molecule has 0 aliphatic carbocycles. The molecule has 2 heterocycles. The van der Waals surface area contributed by atoms with Gasteiger partial charge in [0.05, 0.1) is 29.5 Å². The van der Waals surface area contributed by atoms with Crippen molar-refractivity contribution in [3.05, 3.63) is 84.8 Å². The second kappa shape index (κ2) is 6.57. The van der Waals surface area contributed by atoms with Crippen molar-refractivity contribution in [3.63, 3.8) is 0 Å². The Morgan fingerprint density at radius 3 is 2.72 bits per heavy atom.